The Labute approximate surface area is 214 Å². The monoisotopic (exact) mass is 509 g/mol. The lowest BCUT2D eigenvalue weighted by molar-refractivity contribution is -0.123. The molecule has 1 atom stereocenters. The molecule has 3 amide bonds. The normalized spacial score (nSPS) is 14.9. The molecule has 2 aromatic heterocycles. The number of furan rings is 1. The van der Waals surface area contributed by atoms with Crippen LogP contribution in [0.5, 0.6) is 0 Å². The largest absolute Gasteiger partial charge is 0.464 e. The summed E-state index contributed by atoms with van der Waals surface area (Å²) in [6, 6.07) is 7.98. The highest BCUT2D eigenvalue weighted by atomic mass is 32.1. The van der Waals surface area contributed by atoms with E-state index >= 15 is 0 Å². The SMILES string of the molecule is Cc1ccc(N(C(=O)c2snc(C(N)=O)c2N)[C@H](C(=O)NC2CCCCC2)c2ccc(C)o2)c(C)c1. The van der Waals surface area contributed by atoms with Crippen molar-refractivity contribution in [1.29, 1.82) is 0 Å². The Balaban J connectivity index is 1.85. The van der Waals surface area contributed by atoms with Crippen molar-refractivity contribution in [2.75, 3.05) is 10.6 Å². The summed E-state index contributed by atoms with van der Waals surface area (Å²) < 4.78 is 9.90. The number of anilines is 2. The second-order valence-electron chi connectivity index (χ2n) is 9.30. The Hall–Kier alpha value is -3.66. The summed E-state index contributed by atoms with van der Waals surface area (Å²) in [6.45, 7) is 5.60. The fourth-order valence-electron chi connectivity index (χ4n) is 4.68. The number of nitrogen functional groups attached to an aromatic ring is 1. The zero-order chi connectivity index (χ0) is 26.0. The van der Waals surface area contributed by atoms with Gasteiger partial charge in [-0.25, -0.2) is 0 Å². The number of carbonyl (C=O) groups excluding carboxylic acids is 3. The van der Waals surface area contributed by atoms with Gasteiger partial charge in [0.1, 0.15) is 16.4 Å². The first-order valence-electron chi connectivity index (χ1n) is 12.0. The van der Waals surface area contributed by atoms with E-state index in [1.54, 1.807) is 25.1 Å². The number of nitrogens with two attached hydrogens (primary N) is 2. The number of benzene rings is 1. The van der Waals surface area contributed by atoms with Crippen LogP contribution in [0.3, 0.4) is 0 Å². The highest BCUT2D eigenvalue weighted by Gasteiger charge is 2.39. The number of nitrogens with zero attached hydrogens (tertiary/aromatic N) is 2. The minimum atomic E-state index is -1.10. The Kier molecular flexibility index (Phi) is 7.44. The average molecular weight is 510 g/mol. The third-order valence-corrected chi connectivity index (χ3v) is 7.33. The fraction of sp³-hybridized carbons (Fsp3) is 0.385. The number of amides is 3. The molecule has 0 saturated heterocycles. The predicted molar refractivity (Wildman–Crippen MR) is 139 cm³/mol. The number of hydrogen-bond acceptors (Lipinski definition) is 7. The maximum absolute atomic E-state index is 14.1. The number of nitrogens with one attached hydrogen (secondary N) is 1. The zero-order valence-electron chi connectivity index (χ0n) is 20.7. The third kappa shape index (κ3) is 5.13. The molecule has 0 spiro atoms. The van der Waals surface area contributed by atoms with Crippen molar-refractivity contribution in [3.63, 3.8) is 0 Å². The van der Waals surface area contributed by atoms with E-state index in [0.717, 1.165) is 54.8 Å². The molecule has 1 aromatic carbocycles. The molecule has 0 unspecified atom stereocenters. The summed E-state index contributed by atoms with van der Waals surface area (Å²) >= 11 is 0.780. The highest BCUT2D eigenvalue weighted by Crippen LogP contribution is 2.36. The molecule has 1 aliphatic rings. The Morgan fingerprint density at radius 2 is 1.83 bits per heavy atom. The number of hydrogen-bond donors (Lipinski definition) is 3. The number of rotatable bonds is 7. The van der Waals surface area contributed by atoms with Gasteiger partial charge in [-0.1, -0.05) is 37.0 Å². The minimum absolute atomic E-state index is 0.0239. The highest BCUT2D eigenvalue weighted by molar-refractivity contribution is 7.09. The van der Waals surface area contributed by atoms with Gasteiger partial charge in [0.15, 0.2) is 11.7 Å². The molecule has 3 aromatic rings. The molecule has 9 nitrogen and oxygen atoms in total. The molecular formula is C26H31N5O4S. The molecule has 0 aliphatic heterocycles. The van der Waals surface area contributed by atoms with Gasteiger partial charge in [-0.2, -0.15) is 4.37 Å². The van der Waals surface area contributed by atoms with Crippen molar-refractivity contribution in [1.82, 2.24) is 9.69 Å². The van der Waals surface area contributed by atoms with Gasteiger partial charge in [0.25, 0.3) is 17.7 Å². The van der Waals surface area contributed by atoms with Gasteiger partial charge in [0.2, 0.25) is 0 Å². The van der Waals surface area contributed by atoms with Gasteiger partial charge < -0.3 is 21.2 Å². The maximum atomic E-state index is 14.1. The van der Waals surface area contributed by atoms with Crippen molar-refractivity contribution >= 4 is 40.6 Å². The smallest absolute Gasteiger partial charge is 0.273 e. The van der Waals surface area contributed by atoms with Gasteiger partial charge >= 0.3 is 0 Å². The summed E-state index contributed by atoms with van der Waals surface area (Å²) in [5.41, 5.74) is 13.6. The zero-order valence-corrected chi connectivity index (χ0v) is 21.5. The first-order chi connectivity index (χ1) is 17.2. The second-order valence-corrected chi connectivity index (χ2v) is 10.1. The molecule has 36 heavy (non-hydrogen) atoms. The third-order valence-electron chi connectivity index (χ3n) is 6.47. The molecule has 0 radical (unpaired) electrons. The van der Waals surface area contributed by atoms with Gasteiger partial charge in [0.05, 0.1) is 5.69 Å². The van der Waals surface area contributed by atoms with Crippen LogP contribution in [-0.2, 0) is 4.79 Å². The minimum Gasteiger partial charge on any atom is -0.464 e. The second kappa shape index (κ2) is 10.5. The van der Waals surface area contributed by atoms with Crippen LogP contribution in [0.4, 0.5) is 11.4 Å². The lowest BCUT2D eigenvalue weighted by Gasteiger charge is -2.33. The summed E-state index contributed by atoms with van der Waals surface area (Å²) in [5.74, 6) is -0.798. The van der Waals surface area contributed by atoms with Crippen LogP contribution >= 0.6 is 11.5 Å². The average Bonchev–Trinajstić information content (AvgIpc) is 3.43. The lowest BCUT2D eigenvalue weighted by atomic mass is 9.95. The van der Waals surface area contributed by atoms with E-state index in [1.807, 2.05) is 26.0 Å². The molecule has 4 rings (SSSR count). The van der Waals surface area contributed by atoms with Crippen LogP contribution in [-0.4, -0.2) is 28.1 Å². The first kappa shape index (κ1) is 25.4. The van der Waals surface area contributed by atoms with Crippen LogP contribution in [0, 0.1) is 20.8 Å². The molecule has 190 valence electrons. The lowest BCUT2D eigenvalue weighted by Crippen LogP contribution is -2.47. The van der Waals surface area contributed by atoms with Gasteiger partial charge in [-0.15, -0.1) is 0 Å². The van der Waals surface area contributed by atoms with E-state index in [1.165, 1.54) is 4.90 Å². The molecule has 1 aliphatic carbocycles. The van der Waals surface area contributed by atoms with E-state index in [4.69, 9.17) is 15.9 Å². The van der Waals surface area contributed by atoms with Crippen LogP contribution in [0.2, 0.25) is 0 Å². The summed E-state index contributed by atoms with van der Waals surface area (Å²) in [4.78, 5) is 41.1. The topological polar surface area (TPSA) is 145 Å². The first-order valence-corrected chi connectivity index (χ1v) is 12.8. The van der Waals surface area contributed by atoms with Gasteiger partial charge in [-0.3, -0.25) is 19.3 Å². The Morgan fingerprint density at radius 3 is 2.42 bits per heavy atom. The van der Waals surface area contributed by atoms with Crippen LogP contribution < -0.4 is 21.7 Å². The van der Waals surface area contributed by atoms with Crippen LogP contribution in [0.1, 0.15) is 81.0 Å². The van der Waals surface area contributed by atoms with Crippen LogP contribution in [0.25, 0.3) is 0 Å². The molecule has 2 heterocycles. The van der Waals surface area contributed by atoms with Crippen molar-refractivity contribution in [2.24, 2.45) is 5.73 Å². The molecule has 1 saturated carbocycles. The molecule has 10 heteroatoms. The van der Waals surface area contributed by atoms with E-state index in [9.17, 15) is 14.4 Å². The van der Waals surface area contributed by atoms with E-state index in [2.05, 4.69) is 9.69 Å². The van der Waals surface area contributed by atoms with E-state index in [0.29, 0.717) is 17.2 Å². The maximum Gasteiger partial charge on any atom is 0.273 e. The predicted octanol–water partition coefficient (Wildman–Crippen LogP) is 4.18. The summed E-state index contributed by atoms with van der Waals surface area (Å²) in [5, 5.41) is 3.14. The van der Waals surface area contributed by atoms with Crippen molar-refractivity contribution in [3.05, 3.63) is 63.6 Å². The van der Waals surface area contributed by atoms with Crippen LogP contribution in [0.15, 0.2) is 34.7 Å². The summed E-state index contributed by atoms with van der Waals surface area (Å²) in [6.07, 6.45) is 5.01. The molecule has 5 N–H and O–H groups in total. The summed E-state index contributed by atoms with van der Waals surface area (Å²) in [7, 11) is 0. The Morgan fingerprint density at radius 1 is 1.11 bits per heavy atom. The molecule has 0 bridgehead atoms. The number of aryl methyl sites for hydroxylation is 3. The number of aromatic nitrogens is 1. The van der Waals surface area contributed by atoms with Crippen molar-refractivity contribution in [3.8, 4) is 0 Å². The fourth-order valence-corrected chi connectivity index (χ4v) is 5.42. The van der Waals surface area contributed by atoms with E-state index < -0.39 is 17.9 Å². The standard InChI is InChI=1S/C26H31N5O4S/c1-14-9-11-18(15(2)13-14)31(26(34)23-20(27)21(24(28)32)30-36-23)22(19-12-10-16(3)35-19)25(33)29-17-7-5-4-6-8-17/h9-13,17,22H,4-8,27H2,1-3H3,(H2,28,32)(H,29,33)/t22-/m0/s1. The van der Waals surface area contributed by atoms with Gasteiger partial charge in [-0.05, 0) is 68.9 Å². The van der Waals surface area contributed by atoms with Gasteiger partial charge in [0, 0.05) is 11.7 Å². The van der Waals surface area contributed by atoms with Crippen molar-refractivity contribution in [2.45, 2.75) is 65.0 Å². The molecule has 1 fully saturated rings. The quantitative estimate of drug-likeness (QED) is 0.436. The van der Waals surface area contributed by atoms with Crippen molar-refractivity contribution < 1.29 is 18.8 Å². The van der Waals surface area contributed by atoms with E-state index in [-0.39, 0.29) is 28.2 Å². The Bertz CT molecular complexity index is 1290. The number of carbonyl (C=O) groups is 3. The molecular weight excluding hydrogens is 478 g/mol. The number of primary amides is 1.